The highest BCUT2D eigenvalue weighted by Gasteiger charge is 2.08. The molecule has 0 bridgehead atoms. The van der Waals surface area contributed by atoms with Crippen molar-refractivity contribution in [1.82, 2.24) is 9.97 Å². The molecule has 3 rings (SSSR count). The number of nitrogens with one attached hydrogen (secondary N) is 1. The largest absolute Gasteiger partial charge is 0.368 e. The minimum absolute atomic E-state index is 0.808. The quantitative estimate of drug-likeness (QED) is 0.656. The van der Waals surface area contributed by atoms with Crippen LogP contribution in [-0.4, -0.2) is 16.5 Å². The molecule has 0 amide bonds. The van der Waals surface area contributed by atoms with Gasteiger partial charge in [0.25, 0.3) is 0 Å². The minimum Gasteiger partial charge on any atom is -0.368 e. The summed E-state index contributed by atoms with van der Waals surface area (Å²) in [6.45, 7) is 3.05. The molecule has 1 N–H and O–H groups in total. The van der Waals surface area contributed by atoms with Crippen LogP contribution in [0.25, 0.3) is 10.9 Å². The summed E-state index contributed by atoms with van der Waals surface area (Å²) in [6.07, 6.45) is 8.62. The Bertz CT molecular complexity index is 760. The lowest BCUT2D eigenvalue weighted by Crippen LogP contribution is -2.03. The number of nitrogens with zero attached hydrogens (tertiary/aromatic N) is 2. The Kier molecular flexibility index (Phi) is 5.26. The first-order chi connectivity index (χ1) is 11.4. The molecule has 118 valence electrons. The molecule has 0 fully saturated rings. The van der Waals surface area contributed by atoms with Crippen molar-refractivity contribution in [3.05, 3.63) is 41.7 Å². The maximum absolute atomic E-state index is 4.34. The minimum atomic E-state index is 0.808. The summed E-state index contributed by atoms with van der Waals surface area (Å²) >= 11 is 0. The third-order valence-electron chi connectivity index (χ3n) is 4.33. The second-order valence-electron chi connectivity index (χ2n) is 5.86. The van der Waals surface area contributed by atoms with E-state index in [1.165, 1.54) is 31.3 Å². The average Bonchev–Trinajstić information content (AvgIpc) is 2.62. The molecule has 0 saturated heterocycles. The fourth-order valence-corrected chi connectivity index (χ4v) is 3.07. The van der Waals surface area contributed by atoms with E-state index >= 15 is 0 Å². The van der Waals surface area contributed by atoms with Crippen molar-refractivity contribution in [1.29, 1.82) is 0 Å². The molecule has 1 aromatic carbocycles. The molecular weight excluding hydrogens is 282 g/mol. The van der Waals surface area contributed by atoms with Crippen molar-refractivity contribution in [2.45, 2.75) is 45.4 Å². The lowest BCUT2D eigenvalue weighted by atomic mass is 9.90. The zero-order chi connectivity index (χ0) is 15.9. The fraction of sp³-hybridized carbons (Fsp3) is 0.400. The fourth-order valence-electron chi connectivity index (χ4n) is 3.07. The number of anilines is 1. The summed E-state index contributed by atoms with van der Waals surface area (Å²) in [6, 6.07) is 8.06. The molecular formula is C20H23N3. The van der Waals surface area contributed by atoms with E-state index in [0.717, 1.165) is 36.1 Å². The smallest absolute Gasteiger partial charge is 0.137 e. The van der Waals surface area contributed by atoms with Crippen molar-refractivity contribution in [2.24, 2.45) is 0 Å². The summed E-state index contributed by atoms with van der Waals surface area (Å²) in [7, 11) is 0. The van der Waals surface area contributed by atoms with Crippen molar-refractivity contribution in [2.75, 3.05) is 11.9 Å². The SMILES string of the molecule is CCC1=C(C#CCCNc2ncnc3ccccc23)CCCC1. The van der Waals surface area contributed by atoms with E-state index in [9.17, 15) is 0 Å². The molecule has 23 heavy (non-hydrogen) atoms. The molecule has 0 saturated carbocycles. The standard InChI is InChI=1S/C20H23N3/c1-2-16-9-3-4-10-17(16)11-7-8-14-21-20-18-12-5-6-13-19(18)22-15-23-20/h5-6,12-13,15H,2-4,8-10,14H2,1H3,(H,21,22,23). The summed E-state index contributed by atoms with van der Waals surface area (Å²) in [5.41, 5.74) is 3.93. The summed E-state index contributed by atoms with van der Waals surface area (Å²) < 4.78 is 0. The highest BCUT2D eigenvalue weighted by Crippen LogP contribution is 2.26. The van der Waals surface area contributed by atoms with Crippen molar-refractivity contribution in [3.63, 3.8) is 0 Å². The third kappa shape index (κ3) is 3.90. The molecule has 1 aliphatic rings. The number of aromatic nitrogens is 2. The topological polar surface area (TPSA) is 37.8 Å². The highest BCUT2D eigenvalue weighted by atomic mass is 15.0. The number of para-hydroxylation sites is 1. The van der Waals surface area contributed by atoms with Gasteiger partial charge in [0, 0.05) is 23.9 Å². The normalized spacial score (nSPS) is 14.5. The first-order valence-corrected chi connectivity index (χ1v) is 8.52. The average molecular weight is 305 g/mol. The number of allylic oxidation sites excluding steroid dienone is 2. The van der Waals surface area contributed by atoms with Crippen molar-refractivity contribution < 1.29 is 0 Å². The van der Waals surface area contributed by atoms with Gasteiger partial charge in [0.15, 0.2) is 0 Å². The predicted octanol–water partition coefficient (Wildman–Crippen LogP) is 4.72. The van der Waals surface area contributed by atoms with Gasteiger partial charge in [0.05, 0.1) is 5.52 Å². The molecule has 1 heterocycles. The Hall–Kier alpha value is -2.34. The lowest BCUT2D eigenvalue weighted by Gasteiger charge is -2.15. The van der Waals surface area contributed by atoms with Crippen LogP contribution in [-0.2, 0) is 0 Å². The zero-order valence-corrected chi connectivity index (χ0v) is 13.7. The van der Waals surface area contributed by atoms with Gasteiger partial charge in [-0.05, 0) is 44.2 Å². The van der Waals surface area contributed by atoms with Crippen LogP contribution >= 0.6 is 0 Å². The Morgan fingerprint density at radius 3 is 2.91 bits per heavy atom. The van der Waals surface area contributed by atoms with Crippen molar-refractivity contribution in [3.8, 4) is 11.8 Å². The van der Waals surface area contributed by atoms with Gasteiger partial charge in [-0.1, -0.05) is 36.5 Å². The maximum Gasteiger partial charge on any atom is 0.137 e. The van der Waals surface area contributed by atoms with E-state index in [1.807, 2.05) is 24.3 Å². The number of hydrogen-bond acceptors (Lipinski definition) is 3. The van der Waals surface area contributed by atoms with Crippen LogP contribution in [0.5, 0.6) is 0 Å². The van der Waals surface area contributed by atoms with Crippen LogP contribution in [0.2, 0.25) is 0 Å². The Morgan fingerprint density at radius 2 is 2.00 bits per heavy atom. The molecule has 1 aliphatic carbocycles. The molecule has 3 nitrogen and oxygen atoms in total. The van der Waals surface area contributed by atoms with Crippen LogP contribution in [0.3, 0.4) is 0 Å². The molecule has 0 spiro atoms. The predicted molar refractivity (Wildman–Crippen MR) is 96.2 cm³/mol. The second-order valence-corrected chi connectivity index (χ2v) is 5.86. The first kappa shape index (κ1) is 15.6. The van der Waals surface area contributed by atoms with Gasteiger partial charge in [-0.2, -0.15) is 0 Å². The molecule has 0 radical (unpaired) electrons. The maximum atomic E-state index is 4.34. The van der Waals surface area contributed by atoms with Gasteiger partial charge in [0.1, 0.15) is 12.1 Å². The number of hydrogen-bond donors (Lipinski definition) is 1. The van der Waals surface area contributed by atoms with Crippen LogP contribution in [0, 0.1) is 11.8 Å². The summed E-state index contributed by atoms with van der Waals surface area (Å²) in [5, 5.41) is 4.44. The molecule has 0 aliphatic heterocycles. The molecule has 0 unspecified atom stereocenters. The van der Waals surface area contributed by atoms with E-state index < -0.39 is 0 Å². The van der Waals surface area contributed by atoms with E-state index in [1.54, 1.807) is 11.9 Å². The first-order valence-electron chi connectivity index (χ1n) is 8.52. The summed E-state index contributed by atoms with van der Waals surface area (Å²) in [5.74, 6) is 7.62. The van der Waals surface area contributed by atoms with Gasteiger partial charge >= 0.3 is 0 Å². The van der Waals surface area contributed by atoms with E-state index in [2.05, 4.69) is 34.0 Å². The van der Waals surface area contributed by atoms with Gasteiger partial charge in [0.2, 0.25) is 0 Å². The number of benzene rings is 1. The van der Waals surface area contributed by atoms with E-state index in [-0.39, 0.29) is 0 Å². The van der Waals surface area contributed by atoms with Gasteiger partial charge in [-0.3, -0.25) is 0 Å². The lowest BCUT2D eigenvalue weighted by molar-refractivity contribution is 0.669. The summed E-state index contributed by atoms with van der Waals surface area (Å²) in [4.78, 5) is 8.62. The van der Waals surface area contributed by atoms with Crippen LogP contribution in [0.1, 0.15) is 45.4 Å². The van der Waals surface area contributed by atoms with Crippen LogP contribution in [0.4, 0.5) is 5.82 Å². The van der Waals surface area contributed by atoms with Crippen LogP contribution in [0.15, 0.2) is 41.7 Å². The van der Waals surface area contributed by atoms with Gasteiger partial charge < -0.3 is 5.32 Å². The number of fused-ring (bicyclic) bond motifs is 1. The molecule has 1 aromatic heterocycles. The Balaban J connectivity index is 1.60. The molecule has 0 atom stereocenters. The Labute approximate surface area is 138 Å². The van der Waals surface area contributed by atoms with E-state index in [0.29, 0.717) is 0 Å². The third-order valence-corrected chi connectivity index (χ3v) is 4.33. The van der Waals surface area contributed by atoms with Gasteiger partial charge in [-0.25, -0.2) is 9.97 Å². The number of rotatable bonds is 4. The molecule has 2 aromatic rings. The van der Waals surface area contributed by atoms with Gasteiger partial charge in [-0.15, -0.1) is 0 Å². The monoisotopic (exact) mass is 305 g/mol. The Morgan fingerprint density at radius 1 is 1.13 bits per heavy atom. The zero-order valence-electron chi connectivity index (χ0n) is 13.7. The second kappa shape index (κ2) is 7.78. The highest BCUT2D eigenvalue weighted by molar-refractivity contribution is 5.88. The van der Waals surface area contributed by atoms with Crippen LogP contribution < -0.4 is 5.32 Å². The molecule has 3 heteroatoms. The van der Waals surface area contributed by atoms with E-state index in [4.69, 9.17) is 0 Å². The van der Waals surface area contributed by atoms with Crippen molar-refractivity contribution >= 4 is 16.7 Å².